The molecule has 12 heterocycles. The van der Waals surface area contributed by atoms with E-state index in [-0.39, 0.29) is 32.8 Å². The number of nitrogens with zero attached hydrogens (tertiary/aromatic N) is 12. The van der Waals surface area contributed by atoms with Crippen LogP contribution in [0.2, 0.25) is 0 Å². The van der Waals surface area contributed by atoms with Crippen LogP contribution < -0.4 is 42.5 Å². The molecule has 4 atom stereocenters. The minimum Gasteiger partial charge on any atom is -0.396 e. The topological polar surface area (TPSA) is 278 Å². The molecule has 16 rings (SSSR count). The van der Waals surface area contributed by atoms with Crippen molar-refractivity contribution in [1.29, 1.82) is 0 Å². The van der Waals surface area contributed by atoms with Gasteiger partial charge in [-0.2, -0.15) is 0 Å². The second kappa shape index (κ2) is 37.2. The van der Waals surface area contributed by atoms with E-state index in [4.69, 9.17) is 0 Å². The highest BCUT2D eigenvalue weighted by Crippen LogP contribution is 2.37. The summed E-state index contributed by atoms with van der Waals surface area (Å²) in [6.07, 6.45) is 48.7. The van der Waals surface area contributed by atoms with E-state index in [2.05, 4.69) is 212 Å². The molecule has 0 amide bonds. The average Bonchev–Trinajstić information content (AvgIpc) is 1.69. The Kier molecular flexibility index (Phi) is 27.0. The smallest absolute Gasteiger partial charge is 0.161 e. The minimum absolute atomic E-state index is 0. The molecule has 0 aromatic carbocycles. The van der Waals surface area contributed by atoms with E-state index >= 15 is 0 Å². The Morgan fingerprint density at radius 3 is 1.03 bits per heavy atom. The van der Waals surface area contributed by atoms with Crippen LogP contribution in [-0.4, -0.2) is 116 Å². The van der Waals surface area contributed by atoms with Crippen LogP contribution in [0.4, 0.5) is 45.5 Å². The first kappa shape index (κ1) is 76.2. The van der Waals surface area contributed by atoms with Crippen molar-refractivity contribution in [2.75, 3.05) is 62.4 Å². The van der Waals surface area contributed by atoms with Crippen molar-refractivity contribution < 1.29 is 15.3 Å². The number of hydrogen-bond acceptors (Lipinski definition) is 19. The van der Waals surface area contributed by atoms with Gasteiger partial charge < -0.3 is 57.9 Å². The van der Waals surface area contributed by atoms with E-state index < -0.39 is 0 Å². The fourth-order valence-electron chi connectivity index (χ4n) is 14.5. The van der Waals surface area contributed by atoms with Gasteiger partial charge in [-0.05, 0) is 186 Å². The summed E-state index contributed by atoms with van der Waals surface area (Å²) in [7, 11) is 0. The van der Waals surface area contributed by atoms with Crippen LogP contribution in [0, 0.1) is 11.8 Å². The molecule has 0 spiro atoms. The van der Waals surface area contributed by atoms with Crippen molar-refractivity contribution in [3.63, 3.8) is 0 Å². The third-order valence-electron chi connectivity index (χ3n) is 20.1. The predicted molar refractivity (Wildman–Crippen MR) is 435 cm³/mol. The molecule has 105 heavy (non-hydrogen) atoms. The second-order valence-corrected chi connectivity index (χ2v) is 30.6. The van der Waals surface area contributed by atoms with Gasteiger partial charge in [0.2, 0.25) is 0 Å². The van der Waals surface area contributed by atoms with E-state index in [0.29, 0.717) is 49.6 Å². The Morgan fingerprint density at radius 1 is 0.390 bits per heavy atom. The van der Waals surface area contributed by atoms with Crippen LogP contribution in [-0.2, 0) is 26.2 Å². The maximum atomic E-state index is 9.91. The first-order chi connectivity index (χ1) is 51.0. The number of fused-ring (bicyclic) bond motifs is 4. The zero-order valence-electron chi connectivity index (χ0n) is 58.0. The van der Waals surface area contributed by atoms with E-state index in [9.17, 15) is 15.3 Å². The fraction of sp³-hybridized carbons (Fsp3) is 0.385. The third-order valence-corrected chi connectivity index (χ3v) is 22.4. The number of aliphatic hydroxyl groups is 3. The summed E-state index contributed by atoms with van der Waals surface area (Å²) in [6, 6.07) is 25.6. The van der Waals surface area contributed by atoms with Gasteiger partial charge in [0.25, 0.3) is 0 Å². The second-order valence-electron chi connectivity index (χ2n) is 27.4. The molecule has 0 radical (unpaired) electrons. The van der Waals surface area contributed by atoms with E-state index in [0.717, 1.165) is 167 Å². The Bertz CT molecular complexity index is 4540. The largest absolute Gasteiger partial charge is 0.396 e. The number of aromatic nitrogens is 12. The number of rotatable bonds is 23. The lowest BCUT2D eigenvalue weighted by atomic mass is 9.85. The van der Waals surface area contributed by atoms with Crippen molar-refractivity contribution in [1.82, 2.24) is 57.5 Å². The number of halogens is 4. The average molecular weight is 1680 g/mol. The standard InChI is InChI=1S/2C20H24BrN5O.C19H22BrN5O.C18H20BrN5.CH4/c2*21-19-11-24-20-18(23-10-14-4-3-7-22-9-14)8-16(12-26(19)20)25-17-6-2-1-5-15(17)13-27;20-17-11-23-18-16(22-10-14-4-3-7-21-9-14)8-15(12-25(17)18)24-19(13-26)5-1-2-6-19;19-17-11-22-18-16(21-10-13-4-3-7-20-9-13)8-15(12-24(17)18)23-14-5-1-2-6-14;/h2*3-4,7-9,11-12,15,17,23,25,27H,1-2,5-6,10,13H2;3-4,7-9,11-12,22,24,26H,1-2,5-6,10,13H2;3-4,7-9,11-12,14,21,23H,1-2,5-6,10H2;1H4/t15-,17+;15-,17-;;;/m10.../s1. The molecule has 12 aromatic rings. The Labute approximate surface area is 646 Å². The lowest BCUT2D eigenvalue weighted by Gasteiger charge is -2.31. The van der Waals surface area contributed by atoms with Gasteiger partial charge in [-0.3, -0.25) is 37.5 Å². The number of hydrogen-bond donors (Lipinski definition) is 11. The summed E-state index contributed by atoms with van der Waals surface area (Å²) in [4.78, 5) is 34.7. The lowest BCUT2D eigenvalue weighted by Crippen LogP contribution is -2.39. The summed E-state index contributed by atoms with van der Waals surface area (Å²) >= 11 is 14.3. The normalized spacial score (nSPS) is 17.7. The molecule has 27 heteroatoms. The van der Waals surface area contributed by atoms with Crippen LogP contribution in [0.5, 0.6) is 0 Å². The quantitative estimate of drug-likeness (QED) is 0.0284. The first-order valence-corrected chi connectivity index (χ1v) is 39.2. The number of nitrogens with one attached hydrogen (secondary N) is 8. The third kappa shape index (κ3) is 19.8. The van der Waals surface area contributed by atoms with Crippen LogP contribution >= 0.6 is 63.7 Å². The van der Waals surface area contributed by atoms with Gasteiger partial charge in [-0.25, -0.2) is 19.9 Å². The van der Waals surface area contributed by atoms with Crippen molar-refractivity contribution >= 4 is 132 Å². The van der Waals surface area contributed by atoms with Crippen LogP contribution in [0.25, 0.3) is 22.6 Å². The highest BCUT2D eigenvalue weighted by Gasteiger charge is 2.34. The molecule has 0 saturated heterocycles. The molecular formula is C78H94Br4N20O3. The highest BCUT2D eigenvalue weighted by atomic mass is 79.9. The zero-order chi connectivity index (χ0) is 71.6. The zero-order valence-corrected chi connectivity index (χ0v) is 64.4. The Balaban J connectivity index is 0.000000131. The van der Waals surface area contributed by atoms with Crippen molar-refractivity contribution in [3.05, 3.63) is 213 Å². The maximum Gasteiger partial charge on any atom is 0.161 e. The van der Waals surface area contributed by atoms with Gasteiger partial charge in [-0.1, -0.05) is 83.1 Å². The Hall–Kier alpha value is -8.44. The molecule has 4 aliphatic carbocycles. The first-order valence-electron chi connectivity index (χ1n) is 36.1. The summed E-state index contributed by atoms with van der Waals surface area (Å²) in [6.45, 7) is 3.37. The van der Waals surface area contributed by atoms with Gasteiger partial charge in [0.15, 0.2) is 22.6 Å². The summed E-state index contributed by atoms with van der Waals surface area (Å²) in [5, 5.41) is 57.8. The monoisotopic (exact) mass is 1670 g/mol. The molecule has 11 N–H and O–H groups in total. The fourth-order valence-corrected chi connectivity index (χ4v) is 16.0. The van der Waals surface area contributed by atoms with Gasteiger partial charge in [0.1, 0.15) is 18.4 Å². The number of aliphatic hydroxyl groups excluding tert-OH is 3. The molecule has 12 aromatic heterocycles. The van der Waals surface area contributed by atoms with Crippen LogP contribution in [0.15, 0.2) is 190 Å². The molecule has 0 aliphatic heterocycles. The molecule has 0 bridgehead atoms. The van der Waals surface area contributed by atoms with E-state index in [1.54, 1.807) is 31.0 Å². The summed E-state index contributed by atoms with van der Waals surface area (Å²) in [5.74, 6) is 0.625. The lowest BCUT2D eigenvalue weighted by molar-refractivity contribution is 0.178. The Morgan fingerprint density at radius 2 is 0.705 bits per heavy atom. The number of pyridine rings is 8. The molecule has 23 nitrogen and oxygen atoms in total. The summed E-state index contributed by atoms with van der Waals surface area (Å²) in [5.41, 5.74) is 15.8. The van der Waals surface area contributed by atoms with Gasteiger partial charge in [0, 0.05) is 144 Å². The number of imidazole rings is 4. The van der Waals surface area contributed by atoms with Crippen molar-refractivity contribution in [2.45, 2.75) is 160 Å². The predicted octanol–water partition coefficient (Wildman–Crippen LogP) is 17.0. The maximum absolute atomic E-state index is 9.91. The minimum atomic E-state index is -0.221. The SMILES string of the molecule is Brc1cnc2c(NCc3cccnc3)cc(NC3CCCC3)cn12.C.OCC1(Nc2cc(NCc3cccnc3)c3ncc(Br)n3c2)CCCC1.OC[C@@H]1CCCC[C@@H]1Nc1cc(NCc2cccnc2)c2ncc(Br)n2c1.OC[C@H]1CCCC[C@@H]1Nc1cc(NCc2cccnc2)c2ncc(Br)n2c1. The molecule has 4 saturated carbocycles. The van der Waals surface area contributed by atoms with Crippen molar-refractivity contribution in [3.8, 4) is 0 Å². The highest BCUT2D eigenvalue weighted by molar-refractivity contribution is 9.11. The van der Waals surface area contributed by atoms with Gasteiger partial charge in [-0.15, -0.1) is 0 Å². The van der Waals surface area contributed by atoms with Gasteiger partial charge >= 0.3 is 0 Å². The van der Waals surface area contributed by atoms with Crippen LogP contribution in [0.1, 0.15) is 132 Å². The molecule has 4 aliphatic rings. The van der Waals surface area contributed by atoms with Crippen LogP contribution in [0.3, 0.4) is 0 Å². The number of anilines is 8. The van der Waals surface area contributed by atoms with E-state index in [1.165, 1.54) is 51.4 Å². The summed E-state index contributed by atoms with van der Waals surface area (Å²) < 4.78 is 11.8. The molecule has 0 unspecified atom stereocenters. The molecule has 552 valence electrons. The molecule has 4 fully saturated rings. The van der Waals surface area contributed by atoms with E-state index in [1.807, 2.05) is 93.1 Å². The van der Waals surface area contributed by atoms with Gasteiger partial charge in [0.05, 0.1) is 82.4 Å². The van der Waals surface area contributed by atoms with Crippen molar-refractivity contribution in [2.24, 2.45) is 11.8 Å². The molecular weight excluding hydrogens is 1580 g/mol.